The van der Waals surface area contributed by atoms with Gasteiger partial charge in [-0.15, -0.1) is 0 Å². The van der Waals surface area contributed by atoms with Gasteiger partial charge in [0.1, 0.15) is 5.75 Å². The molecule has 2 heterocycles. The van der Waals surface area contributed by atoms with Gasteiger partial charge in [-0.25, -0.2) is 0 Å². The Kier molecular flexibility index (Phi) is 7.70. The Balaban J connectivity index is 0.000000169. The van der Waals surface area contributed by atoms with Gasteiger partial charge in [0.05, 0.1) is 37.9 Å². The van der Waals surface area contributed by atoms with E-state index in [1.807, 2.05) is 31.2 Å². The van der Waals surface area contributed by atoms with Crippen LogP contribution in [0.4, 0.5) is 0 Å². The molecule has 2 saturated heterocycles. The van der Waals surface area contributed by atoms with Crippen LogP contribution in [0.1, 0.15) is 11.1 Å². The largest absolute Gasteiger partial charge is 0.493 e. The van der Waals surface area contributed by atoms with Gasteiger partial charge in [0.2, 0.25) is 0 Å². The van der Waals surface area contributed by atoms with E-state index in [1.165, 1.54) is 6.07 Å². The Labute approximate surface area is 180 Å². The van der Waals surface area contributed by atoms with Crippen LogP contribution in [0.5, 0.6) is 5.75 Å². The molecular formula is C21H25BrO6S. The highest BCUT2D eigenvalue weighted by Gasteiger charge is 2.23. The molecule has 1 N–H and O–H groups in total. The number of benzene rings is 2. The van der Waals surface area contributed by atoms with Crippen molar-refractivity contribution in [3.63, 3.8) is 0 Å². The van der Waals surface area contributed by atoms with Crippen molar-refractivity contribution < 1.29 is 27.2 Å². The molecule has 2 fully saturated rings. The maximum atomic E-state index is 11.2. The second-order valence-electron chi connectivity index (χ2n) is 7.36. The molecule has 8 heteroatoms. The topological polar surface area (TPSA) is 82.1 Å². The van der Waals surface area contributed by atoms with Crippen LogP contribution in [0, 0.1) is 18.8 Å². The lowest BCUT2D eigenvalue weighted by molar-refractivity contribution is -0.0508. The highest BCUT2D eigenvalue weighted by Crippen LogP contribution is 2.23. The van der Waals surface area contributed by atoms with Crippen molar-refractivity contribution in [2.24, 2.45) is 11.8 Å². The Morgan fingerprint density at radius 2 is 1.66 bits per heavy atom. The lowest BCUT2D eigenvalue weighted by Gasteiger charge is -2.26. The fourth-order valence-corrected chi connectivity index (χ4v) is 3.94. The predicted molar refractivity (Wildman–Crippen MR) is 113 cm³/mol. The molecule has 0 radical (unpaired) electrons. The second kappa shape index (κ2) is 10.0. The first-order valence-electron chi connectivity index (χ1n) is 9.42. The highest BCUT2D eigenvalue weighted by molar-refractivity contribution is 9.10. The van der Waals surface area contributed by atoms with E-state index in [1.54, 1.807) is 12.1 Å². The quantitative estimate of drug-likeness (QED) is 0.625. The highest BCUT2D eigenvalue weighted by atomic mass is 79.9. The molecule has 2 aromatic rings. The van der Waals surface area contributed by atoms with E-state index < -0.39 is 10.1 Å². The number of aryl methyl sites for hydroxylation is 1. The van der Waals surface area contributed by atoms with Crippen molar-refractivity contribution in [2.75, 3.05) is 33.0 Å². The number of hydrogen-bond acceptors (Lipinski definition) is 5. The third kappa shape index (κ3) is 6.79. The Morgan fingerprint density at radius 3 is 2.17 bits per heavy atom. The summed E-state index contributed by atoms with van der Waals surface area (Å²) < 4.78 is 48.2. The first-order chi connectivity index (χ1) is 13.8. The van der Waals surface area contributed by atoms with Crippen LogP contribution in [-0.4, -0.2) is 46.0 Å². The van der Waals surface area contributed by atoms with Crippen molar-refractivity contribution in [3.8, 4) is 5.75 Å². The van der Waals surface area contributed by atoms with E-state index in [4.69, 9.17) is 18.8 Å². The summed E-state index contributed by atoms with van der Waals surface area (Å²) in [4.78, 5) is 0.0185. The smallest absolute Gasteiger partial charge is 0.294 e. The minimum atomic E-state index is -4.12. The van der Waals surface area contributed by atoms with E-state index in [0.29, 0.717) is 37.0 Å². The fraction of sp³-hybridized carbons (Fsp3) is 0.429. The van der Waals surface area contributed by atoms with Crippen LogP contribution >= 0.6 is 15.9 Å². The fourth-order valence-electron chi connectivity index (χ4n) is 2.96. The first-order valence-corrected chi connectivity index (χ1v) is 11.7. The molecule has 2 aromatic carbocycles. The molecule has 0 amide bonds. The molecule has 2 aliphatic heterocycles. The van der Waals surface area contributed by atoms with Gasteiger partial charge < -0.3 is 14.2 Å². The average Bonchev–Trinajstić information content (AvgIpc) is 2.58. The Hall–Kier alpha value is -1.45. The third-order valence-corrected chi connectivity index (χ3v) is 6.20. The average molecular weight is 485 g/mol. The summed E-state index contributed by atoms with van der Waals surface area (Å²) in [6.07, 6.45) is 0.636. The lowest BCUT2D eigenvalue weighted by Crippen LogP contribution is -2.32. The Morgan fingerprint density at radius 1 is 1.03 bits per heavy atom. The molecule has 0 bridgehead atoms. The SMILES string of the molecule is Brc1ccc(OCC2COC2)cc1.Cc1ccc(S(=O)(=O)O)c(CC2COC2)c1. The van der Waals surface area contributed by atoms with Crippen LogP contribution in [0.3, 0.4) is 0 Å². The van der Waals surface area contributed by atoms with Gasteiger partial charge in [-0.1, -0.05) is 33.6 Å². The van der Waals surface area contributed by atoms with Gasteiger partial charge in [0.15, 0.2) is 0 Å². The number of hydrogen-bond donors (Lipinski definition) is 1. The van der Waals surface area contributed by atoms with E-state index in [0.717, 1.165) is 35.6 Å². The van der Waals surface area contributed by atoms with E-state index in [-0.39, 0.29) is 4.90 Å². The molecule has 0 aliphatic carbocycles. The van der Waals surface area contributed by atoms with Crippen molar-refractivity contribution in [1.82, 2.24) is 0 Å². The second-order valence-corrected chi connectivity index (χ2v) is 9.67. The van der Waals surface area contributed by atoms with Crippen molar-refractivity contribution in [2.45, 2.75) is 18.2 Å². The molecule has 29 heavy (non-hydrogen) atoms. The van der Waals surface area contributed by atoms with Gasteiger partial charge in [-0.2, -0.15) is 8.42 Å². The van der Waals surface area contributed by atoms with Gasteiger partial charge in [-0.3, -0.25) is 4.55 Å². The van der Waals surface area contributed by atoms with Gasteiger partial charge in [0.25, 0.3) is 10.1 Å². The summed E-state index contributed by atoms with van der Waals surface area (Å²) in [5.41, 5.74) is 1.67. The summed E-state index contributed by atoms with van der Waals surface area (Å²) in [5, 5.41) is 0. The maximum absolute atomic E-state index is 11.2. The summed E-state index contributed by atoms with van der Waals surface area (Å²) >= 11 is 3.37. The summed E-state index contributed by atoms with van der Waals surface area (Å²) in [7, 11) is -4.12. The van der Waals surface area contributed by atoms with Crippen molar-refractivity contribution >= 4 is 26.0 Å². The molecule has 158 valence electrons. The zero-order valence-corrected chi connectivity index (χ0v) is 18.6. The molecule has 0 unspecified atom stereocenters. The van der Waals surface area contributed by atoms with E-state index in [2.05, 4.69) is 15.9 Å². The maximum Gasteiger partial charge on any atom is 0.294 e. The third-order valence-electron chi connectivity index (χ3n) is 4.72. The minimum absolute atomic E-state index is 0.0185. The lowest BCUT2D eigenvalue weighted by atomic mass is 9.97. The number of rotatable bonds is 6. The molecule has 0 atom stereocenters. The van der Waals surface area contributed by atoms with E-state index in [9.17, 15) is 8.42 Å². The van der Waals surface area contributed by atoms with Gasteiger partial charge in [-0.05, 0) is 49.2 Å². The van der Waals surface area contributed by atoms with E-state index >= 15 is 0 Å². The predicted octanol–water partition coefficient (Wildman–Crippen LogP) is 3.90. The molecular weight excluding hydrogens is 460 g/mol. The Bertz CT molecular complexity index is 905. The normalized spacial score (nSPS) is 16.9. The molecule has 2 aliphatic rings. The zero-order chi connectivity index (χ0) is 20.9. The van der Waals surface area contributed by atoms with Crippen LogP contribution in [0.25, 0.3) is 0 Å². The number of halogens is 1. The van der Waals surface area contributed by atoms with Crippen molar-refractivity contribution in [1.29, 1.82) is 0 Å². The molecule has 0 spiro atoms. The summed E-state index contributed by atoms with van der Waals surface area (Å²) in [6, 6.07) is 12.8. The number of ether oxygens (including phenoxy) is 3. The summed E-state index contributed by atoms with van der Waals surface area (Å²) in [6.45, 7) is 5.68. The monoisotopic (exact) mass is 484 g/mol. The standard InChI is InChI=1S/C11H14O4S.C10H11BrO2/c1-8-2-3-11(16(12,13)14)10(4-8)5-9-6-15-7-9;11-9-1-3-10(4-2-9)13-7-8-5-12-6-8/h2-4,9H,5-7H2,1H3,(H,12,13,14);1-4,8H,5-7H2. The van der Waals surface area contributed by atoms with Crippen LogP contribution in [0.15, 0.2) is 51.8 Å². The molecule has 4 rings (SSSR count). The van der Waals surface area contributed by atoms with Crippen LogP contribution in [0.2, 0.25) is 0 Å². The van der Waals surface area contributed by atoms with Crippen LogP contribution in [-0.2, 0) is 26.0 Å². The molecule has 0 aromatic heterocycles. The first kappa shape index (κ1) is 22.2. The molecule has 0 saturated carbocycles. The van der Waals surface area contributed by atoms with Gasteiger partial charge in [0, 0.05) is 16.3 Å². The van der Waals surface area contributed by atoms with Crippen molar-refractivity contribution in [3.05, 3.63) is 58.1 Å². The van der Waals surface area contributed by atoms with Gasteiger partial charge >= 0.3 is 0 Å². The minimum Gasteiger partial charge on any atom is -0.493 e. The zero-order valence-electron chi connectivity index (χ0n) is 16.2. The van der Waals surface area contributed by atoms with Crippen LogP contribution < -0.4 is 4.74 Å². The summed E-state index contributed by atoms with van der Waals surface area (Å²) in [5.74, 6) is 1.88. The molecule has 6 nitrogen and oxygen atoms in total.